The van der Waals surface area contributed by atoms with Gasteiger partial charge in [0.25, 0.3) is 0 Å². The monoisotopic (exact) mass is 375 g/mol. The number of rotatable bonds is 3. The molecule has 0 aromatic heterocycles. The van der Waals surface area contributed by atoms with Crippen LogP contribution in [0.4, 0.5) is 9.59 Å². The molecular weight excluding hydrogens is 346 g/mol. The SMILES string of the molecule is COc1ccc(CN2C(=O)NCC23CCN(C(=O)OC(C)(C)C)CC3)cc1. The summed E-state index contributed by atoms with van der Waals surface area (Å²) in [5, 5.41) is 2.98. The molecule has 1 aromatic rings. The lowest BCUT2D eigenvalue weighted by molar-refractivity contribution is 0.00777. The summed E-state index contributed by atoms with van der Waals surface area (Å²) in [5.41, 5.74) is 0.300. The molecular formula is C20H29N3O4. The number of urea groups is 1. The summed E-state index contributed by atoms with van der Waals surface area (Å²) < 4.78 is 10.7. The number of nitrogens with zero attached hydrogens (tertiary/aromatic N) is 2. The van der Waals surface area contributed by atoms with Gasteiger partial charge < -0.3 is 24.6 Å². The van der Waals surface area contributed by atoms with Crippen LogP contribution in [0.5, 0.6) is 5.75 Å². The number of carbonyl (C=O) groups is 2. The van der Waals surface area contributed by atoms with Gasteiger partial charge in [0.2, 0.25) is 0 Å². The first-order valence-electron chi connectivity index (χ1n) is 9.39. The quantitative estimate of drug-likeness (QED) is 0.882. The summed E-state index contributed by atoms with van der Waals surface area (Å²) in [6.45, 7) is 7.93. The largest absolute Gasteiger partial charge is 0.497 e. The number of hydrogen-bond donors (Lipinski definition) is 1. The van der Waals surface area contributed by atoms with E-state index in [-0.39, 0.29) is 17.7 Å². The molecule has 0 atom stereocenters. The minimum absolute atomic E-state index is 0.0449. The lowest BCUT2D eigenvalue weighted by Gasteiger charge is -2.43. The van der Waals surface area contributed by atoms with Crippen molar-refractivity contribution in [3.63, 3.8) is 0 Å². The van der Waals surface area contributed by atoms with Gasteiger partial charge in [0.1, 0.15) is 11.4 Å². The van der Waals surface area contributed by atoms with Crippen LogP contribution in [-0.4, -0.2) is 59.8 Å². The van der Waals surface area contributed by atoms with Gasteiger partial charge >= 0.3 is 12.1 Å². The molecule has 0 aliphatic carbocycles. The molecule has 2 heterocycles. The molecule has 7 nitrogen and oxygen atoms in total. The van der Waals surface area contributed by atoms with Gasteiger partial charge in [-0.05, 0) is 51.3 Å². The molecule has 2 aliphatic rings. The molecule has 7 heteroatoms. The first-order valence-corrected chi connectivity index (χ1v) is 9.39. The summed E-state index contributed by atoms with van der Waals surface area (Å²) in [6, 6.07) is 7.72. The van der Waals surface area contributed by atoms with Gasteiger partial charge in [0.05, 0.1) is 12.6 Å². The van der Waals surface area contributed by atoms with Crippen molar-refractivity contribution in [3.8, 4) is 5.75 Å². The van der Waals surface area contributed by atoms with Crippen LogP contribution in [0.3, 0.4) is 0 Å². The molecule has 0 unspecified atom stereocenters. The molecule has 3 rings (SSSR count). The zero-order valence-electron chi connectivity index (χ0n) is 16.6. The topological polar surface area (TPSA) is 71.1 Å². The van der Waals surface area contributed by atoms with E-state index in [1.54, 1.807) is 12.0 Å². The fourth-order valence-corrected chi connectivity index (χ4v) is 3.68. The van der Waals surface area contributed by atoms with Gasteiger partial charge in [-0.3, -0.25) is 0 Å². The van der Waals surface area contributed by atoms with Crippen molar-refractivity contribution in [2.24, 2.45) is 0 Å². The van der Waals surface area contributed by atoms with Gasteiger partial charge in [-0.2, -0.15) is 0 Å². The number of likely N-dealkylation sites (tertiary alicyclic amines) is 1. The molecule has 0 radical (unpaired) electrons. The summed E-state index contributed by atoms with van der Waals surface area (Å²) in [4.78, 5) is 28.4. The highest BCUT2D eigenvalue weighted by atomic mass is 16.6. The molecule has 2 aliphatic heterocycles. The zero-order chi connectivity index (χ0) is 19.7. The average Bonchev–Trinajstić information content (AvgIpc) is 2.91. The Hall–Kier alpha value is -2.44. The number of carbonyl (C=O) groups excluding carboxylic acids is 2. The van der Waals surface area contributed by atoms with E-state index in [2.05, 4.69) is 5.32 Å². The van der Waals surface area contributed by atoms with Crippen molar-refractivity contribution in [2.75, 3.05) is 26.7 Å². The van der Waals surface area contributed by atoms with Crippen LogP contribution in [0.2, 0.25) is 0 Å². The Bertz CT molecular complexity index is 688. The van der Waals surface area contributed by atoms with Gasteiger partial charge in [0.15, 0.2) is 0 Å². The van der Waals surface area contributed by atoms with E-state index >= 15 is 0 Å². The Balaban J connectivity index is 1.66. The fraction of sp³-hybridized carbons (Fsp3) is 0.600. The van der Waals surface area contributed by atoms with Crippen molar-refractivity contribution < 1.29 is 19.1 Å². The van der Waals surface area contributed by atoms with Crippen LogP contribution < -0.4 is 10.1 Å². The van der Waals surface area contributed by atoms with E-state index in [1.807, 2.05) is 49.9 Å². The molecule has 3 amide bonds. The molecule has 1 aromatic carbocycles. The molecule has 2 fully saturated rings. The van der Waals surface area contributed by atoms with Gasteiger partial charge in [-0.15, -0.1) is 0 Å². The van der Waals surface area contributed by atoms with Crippen LogP contribution in [0, 0.1) is 0 Å². The van der Waals surface area contributed by atoms with Crippen molar-refractivity contribution >= 4 is 12.1 Å². The second-order valence-electron chi connectivity index (χ2n) is 8.28. The molecule has 0 saturated carbocycles. The molecule has 1 N–H and O–H groups in total. The second-order valence-corrected chi connectivity index (χ2v) is 8.28. The van der Waals surface area contributed by atoms with E-state index < -0.39 is 5.60 Å². The number of methoxy groups -OCH3 is 1. The van der Waals surface area contributed by atoms with E-state index in [1.165, 1.54) is 0 Å². The Morgan fingerprint density at radius 3 is 2.37 bits per heavy atom. The van der Waals surface area contributed by atoms with Gasteiger partial charge in [-0.1, -0.05) is 12.1 Å². The summed E-state index contributed by atoms with van der Waals surface area (Å²) >= 11 is 0. The summed E-state index contributed by atoms with van der Waals surface area (Å²) in [7, 11) is 1.64. The predicted molar refractivity (Wildman–Crippen MR) is 102 cm³/mol. The molecule has 27 heavy (non-hydrogen) atoms. The van der Waals surface area contributed by atoms with E-state index in [0.717, 1.165) is 24.2 Å². The van der Waals surface area contributed by atoms with Crippen molar-refractivity contribution in [2.45, 2.75) is 51.3 Å². The predicted octanol–water partition coefficient (Wildman–Crippen LogP) is 2.99. The zero-order valence-corrected chi connectivity index (χ0v) is 16.6. The number of amides is 3. The lowest BCUT2D eigenvalue weighted by atomic mass is 9.86. The van der Waals surface area contributed by atoms with Gasteiger partial charge in [0, 0.05) is 26.2 Å². The number of nitrogens with one attached hydrogen (secondary N) is 1. The second kappa shape index (κ2) is 7.29. The number of ether oxygens (including phenoxy) is 2. The van der Waals surface area contributed by atoms with Crippen molar-refractivity contribution in [3.05, 3.63) is 29.8 Å². The average molecular weight is 375 g/mol. The summed E-state index contributed by atoms with van der Waals surface area (Å²) in [6.07, 6.45) is 1.19. The van der Waals surface area contributed by atoms with Gasteiger partial charge in [-0.25, -0.2) is 9.59 Å². The Morgan fingerprint density at radius 2 is 1.81 bits per heavy atom. The maximum Gasteiger partial charge on any atom is 0.410 e. The third kappa shape index (κ3) is 4.28. The highest BCUT2D eigenvalue weighted by molar-refractivity contribution is 5.78. The summed E-state index contributed by atoms with van der Waals surface area (Å²) in [5.74, 6) is 0.796. The Labute approximate surface area is 160 Å². The van der Waals surface area contributed by atoms with Crippen molar-refractivity contribution in [1.82, 2.24) is 15.1 Å². The van der Waals surface area contributed by atoms with E-state index in [4.69, 9.17) is 9.47 Å². The standard InChI is InChI=1S/C20H29N3O4/c1-19(2,3)27-18(25)22-11-9-20(10-12-22)14-21-17(24)23(20)13-15-5-7-16(26-4)8-6-15/h5-8H,9-14H2,1-4H3,(H,21,24). The number of hydrogen-bond acceptors (Lipinski definition) is 4. The fourth-order valence-electron chi connectivity index (χ4n) is 3.68. The first kappa shape index (κ1) is 19.3. The lowest BCUT2D eigenvalue weighted by Crippen LogP contribution is -2.55. The van der Waals surface area contributed by atoms with Crippen LogP contribution in [0.25, 0.3) is 0 Å². The normalized spacial score (nSPS) is 19.2. The minimum atomic E-state index is -0.502. The number of piperidine rings is 1. The van der Waals surface area contributed by atoms with Crippen LogP contribution in [0.15, 0.2) is 24.3 Å². The Kier molecular flexibility index (Phi) is 5.22. The van der Waals surface area contributed by atoms with Crippen LogP contribution in [0.1, 0.15) is 39.2 Å². The maximum atomic E-state index is 12.5. The molecule has 0 bridgehead atoms. The first-order chi connectivity index (χ1) is 12.7. The minimum Gasteiger partial charge on any atom is -0.497 e. The molecule has 2 saturated heterocycles. The van der Waals surface area contributed by atoms with E-state index in [9.17, 15) is 9.59 Å². The molecule has 1 spiro atoms. The smallest absolute Gasteiger partial charge is 0.410 e. The Morgan fingerprint density at radius 1 is 1.19 bits per heavy atom. The highest BCUT2D eigenvalue weighted by Gasteiger charge is 2.47. The molecule has 148 valence electrons. The van der Waals surface area contributed by atoms with Crippen LogP contribution >= 0.6 is 0 Å². The van der Waals surface area contributed by atoms with Crippen molar-refractivity contribution in [1.29, 1.82) is 0 Å². The van der Waals surface area contributed by atoms with E-state index in [0.29, 0.717) is 26.2 Å². The highest BCUT2D eigenvalue weighted by Crippen LogP contribution is 2.34. The third-order valence-electron chi connectivity index (χ3n) is 5.23. The number of benzene rings is 1. The maximum absolute atomic E-state index is 12.5. The third-order valence-corrected chi connectivity index (χ3v) is 5.23. The van der Waals surface area contributed by atoms with Crippen LogP contribution in [-0.2, 0) is 11.3 Å².